The van der Waals surface area contributed by atoms with Crippen molar-refractivity contribution < 1.29 is 4.79 Å². The molecular formula is C20H29N3OS. The normalized spacial score (nSPS) is 21.0. The molecule has 25 heavy (non-hydrogen) atoms. The van der Waals surface area contributed by atoms with Gasteiger partial charge >= 0.3 is 0 Å². The highest BCUT2D eigenvalue weighted by Crippen LogP contribution is 2.36. The lowest BCUT2D eigenvalue weighted by Gasteiger charge is -2.26. The number of carbonyl (C=O) groups excluding carboxylic acids is 1. The maximum atomic E-state index is 13.3. The Morgan fingerprint density at radius 2 is 2.00 bits per heavy atom. The minimum Gasteiger partial charge on any atom is -0.336 e. The summed E-state index contributed by atoms with van der Waals surface area (Å²) in [7, 11) is 0. The zero-order chi connectivity index (χ0) is 17.6. The second-order valence-corrected chi connectivity index (χ2v) is 8.89. The van der Waals surface area contributed by atoms with Crippen molar-refractivity contribution in [3.63, 3.8) is 0 Å². The Bertz CT molecular complexity index is 769. The van der Waals surface area contributed by atoms with Crippen LogP contribution in [0.2, 0.25) is 0 Å². The van der Waals surface area contributed by atoms with E-state index in [1.54, 1.807) is 0 Å². The largest absolute Gasteiger partial charge is 0.336 e. The molecule has 2 aliphatic rings. The quantitative estimate of drug-likeness (QED) is 0.780. The fraction of sp³-hybridized carbons (Fsp3) is 0.650. The molecule has 4 nitrogen and oxygen atoms in total. The summed E-state index contributed by atoms with van der Waals surface area (Å²) >= 11 is 1.81. The Kier molecular flexibility index (Phi) is 4.63. The third-order valence-corrected chi connectivity index (χ3v) is 6.84. The van der Waals surface area contributed by atoms with E-state index in [0.29, 0.717) is 6.04 Å². The van der Waals surface area contributed by atoms with Crippen molar-refractivity contribution in [3.05, 3.63) is 22.7 Å². The molecule has 0 spiro atoms. The van der Waals surface area contributed by atoms with Crippen molar-refractivity contribution in [1.82, 2.24) is 14.4 Å². The fourth-order valence-corrected chi connectivity index (χ4v) is 5.19. The maximum Gasteiger partial charge on any atom is 0.270 e. The highest BCUT2D eigenvalue weighted by molar-refractivity contribution is 7.19. The molecule has 1 atom stereocenters. The van der Waals surface area contributed by atoms with Gasteiger partial charge in [-0.05, 0) is 57.3 Å². The van der Waals surface area contributed by atoms with E-state index in [1.165, 1.54) is 27.9 Å². The van der Waals surface area contributed by atoms with Crippen molar-refractivity contribution in [3.8, 4) is 0 Å². The lowest BCUT2D eigenvalue weighted by Crippen LogP contribution is -2.39. The molecule has 5 heteroatoms. The number of likely N-dealkylation sites (tertiary alicyclic amines) is 1. The third kappa shape index (κ3) is 3.24. The first-order valence-electron chi connectivity index (χ1n) is 9.73. The smallest absolute Gasteiger partial charge is 0.270 e. The maximum absolute atomic E-state index is 13.3. The molecule has 2 aromatic rings. The number of thiophene rings is 1. The number of carbonyl (C=O) groups is 1. The van der Waals surface area contributed by atoms with Gasteiger partial charge in [0.2, 0.25) is 0 Å². The van der Waals surface area contributed by atoms with Gasteiger partial charge < -0.3 is 9.47 Å². The fourth-order valence-electron chi connectivity index (χ4n) is 4.22. The van der Waals surface area contributed by atoms with Crippen molar-refractivity contribution in [2.75, 3.05) is 26.2 Å². The predicted molar refractivity (Wildman–Crippen MR) is 105 cm³/mol. The molecule has 0 aromatic carbocycles. The lowest BCUT2D eigenvalue weighted by atomic mass is 10.2. The van der Waals surface area contributed by atoms with Crippen molar-refractivity contribution in [2.24, 2.45) is 5.92 Å². The zero-order valence-electron chi connectivity index (χ0n) is 15.6. The van der Waals surface area contributed by atoms with E-state index in [4.69, 9.17) is 0 Å². The van der Waals surface area contributed by atoms with Crippen LogP contribution in [0, 0.1) is 12.8 Å². The first kappa shape index (κ1) is 17.1. The Balaban J connectivity index is 1.58. The van der Waals surface area contributed by atoms with E-state index in [1.807, 2.05) is 11.3 Å². The zero-order valence-corrected chi connectivity index (χ0v) is 16.4. The number of aryl methyl sites for hydroxylation is 1. The van der Waals surface area contributed by atoms with Gasteiger partial charge in [0.05, 0.1) is 10.2 Å². The van der Waals surface area contributed by atoms with E-state index in [-0.39, 0.29) is 5.91 Å². The molecule has 0 radical (unpaired) electrons. The third-order valence-electron chi connectivity index (χ3n) is 5.85. The molecule has 136 valence electrons. The molecule has 2 aromatic heterocycles. The molecule has 1 unspecified atom stereocenters. The number of rotatable bonds is 6. The molecule has 2 fully saturated rings. The second kappa shape index (κ2) is 6.76. The summed E-state index contributed by atoms with van der Waals surface area (Å²) in [5.74, 6) is 1.00. The summed E-state index contributed by atoms with van der Waals surface area (Å²) in [6, 6.07) is 4.92. The van der Waals surface area contributed by atoms with Crippen LogP contribution in [-0.4, -0.2) is 52.5 Å². The second-order valence-electron chi connectivity index (χ2n) is 7.60. The van der Waals surface area contributed by atoms with Gasteiger partial charge in [0.15, 0.2) is 0 Å². The summed E-state index contributed by atoms with van der Waals surface area (Å²) in [5.41, 5.74) is 2.17. The molecule has 1 aliphatic carbocycles. The first-order chi connectivity index (χ1) is 12.1. The molecule has 0 N–H and O–H groups in total. The Labute approximate surface area is 154 Å². The molecule has 1 saturated carbocycles. The summed E-state index contributed by atoms with van der Waals surface area (Å²) in [5, 5.41) is 0. The van der Waals surface area contributed by atoms with Gasteiger partial charge in [-0.2, -0.15) is 0 Å². The van der Waals surface area contributed by atoms with Gasteiger partial charge in [-0.1, -0.05) is 13.8 Å². The standard InChI is InChI=1S/C20H29N3OS/c1-4-21(5-2)16-8-9-22(13-16)20(24)18-11-19-17(10-14(3)25-19)23(18)12-15-6-7-15/h10-11,15-16H,4-9,12-13H2,1-3H3. The summed E-state index contributed by atoms with van der Waals surface area (Å²) in [4.78, 5) is 19.2. The summed E-state index contributed by atoms with van der Waals surface area (Å²) in [6.07, 6.45) is 3.72. The Hall–Kier alpha value is -1.33. The SMILES string of the molecule is CCN(CC)C1CCN(C(=O)c2cc3sc(C)cc3n2CC2CC2)C1. The van der Waals surface area contributed by atoms with Gasteiger partial charge in [0, 0.05) is 30.6 Å². The number of aromatic nitrogens is 1. The van der Waals surface area contributed by atoms with Crippen LogP contribution >= 0.6 is 11.3 Å². The molecular weight excluding hydrogens is 330 g/mol. The van der Waals surface area contributed by atoms with Gasteiger partial charge in [-0.25, -0.2) is 0 Å². The number of nitrogens with zero attached hydrogens (tertiary/aromatic N) is 3. The van der Waals surface area contributed by atoms with Crippen molar-refractivity contribution in [2.45, 2.75) is 52.6 Å². The van der Waals surface area contributed by atoms with E-state index in [0.717, 1.165) is 50.8 Å². The molecule has 3 heterocycles. The van der Waals surface area contributed by atoms with E-state index in [2.05, 4.69) is 47.3 Å². The summed E-state index contributed by atoms with van der Waals surface area (Å²) in [6.45, 7) is 11.5. The van der Waals surface area contributed by atoms with Crippen LogP contribution in [-0.2, 0) is 6.54 Å². The number of likely N-dealkylation sites (N-methyl/N-ethyl adjacent to an activating group) is 1. The van der Waals surface area contributed by atoms with Gasteiger partial charge in [0.25, 0.3) is 5.91 Å². The van der Waals surface area contributed by atoms with E-state index < -0.39 is 0 Å². The minimum absolute atomic E-state index is 0.233. The number of hydrogen-bond donors (Lipinski definition) is 0. The Morgan fingerprint density at radius 3 is 2.68 bits per heavy atom. The molecule has 4 rings (SSSR count). The Morgan fingerprint density at radius 1 is 1.24 bits per heavy atom. The van der Waals surface area contributed by atoms with Crippen LogP contribution < -0.4 is 0 Å². The van der Waals surface area contributed by atoms with Crippen molar-refractivity contribution in [1.29, 1.82) is 0 Å². The topological polar surface area (TPSA) is 28.5 Å². The monoisotopic (exact) mass is 359 g/mol. The highest BCUT2D eigenvalue weighted by atomic mass is 32.1. The molecule has 0 bridgehead atoms. The van der Waals surface area contributed by atoms with Gasteiger partial charge in [-0.15, -0.1) is 11.3 Å². The average molecular weight is 360 g/mol. The van der Waals surface area contributed by atoms with E-state index in [9.17, 15) is 4.79 Å². The molecule has 1 aliphatic heterocycles. The average Bonchev–Trinajstić information content (AvgIpc) is 3.01. The van der Waals surface area contributed by atoms with Gasteiger partial charge in [0.1, 0.15) is 5.69 Å². The highest BCUT2D eigenvalue weighted by Gasteiger charge is 2.32. The van der Waals surface area contributed by atoms with Crippen LogP contribution in [0.1, 0.15) is 48.5 Å². The van der Waals surface area contributed by atoms with Crippen LogP contribution in [0.25, 0.3) is 10.2 Å². The molecule has 1 saturated heterocycles. The predicted octanol–water partition coefficient (Wildman–Crippen LogP) is 3.98. The number of fused-ring (bicyclic) bond motifs is 1. The van der Waals surface area contributed by atoms with E-state index >= 15 is 0 Å². The number of amides is 1. The summed E-state index contributed by atoms with van der Waals surface area (Å²) < 4.78 is 3.57. The van der Waals surface area contributed by atoms with Gasteiger partial charge in [-0.3, -0.25) is 9.69 Å². The van der Waals surface area contributed by atoms with Crippen LogP contribution in [0.3, 0.4) is 0 Å². The van der Waals surface area contributed by atoms with Crippen LogP contribution in [0.5, 0.6) is 0 Å². The van der Waals surface area contributed by atoms with Crippen LogP contribution in [0.15, 0.2) is 12.1 Å². The van der Waals surface area contributed by atoms with Crippen LogP contribution in [0.4, 0.5) is 0 Å². The first-order valence-corrected chi connectivity index (χ1v) is 10.5. The van der Waals surface area contributed by atoms with Crippen molar-refractivity contribution >= 4 is 27.5 Å². The number of hydrogen-bond acceptors (Lipinski definition) is 3. The minimum atomic E-state index is 0.233. The molecule has 1 amide bonds. The lowest BCUT2D eigenvalue weighted by molar-refractivity contribution is 0.0767.